The Morgan fingerprint density at radius 2 is 1.65 bits per heavy atom. The standard InChI is InChI=1S/C19H28N4O3/c1-15(24)21-9-5-16(6-10-21)19(2,18(25)26)23-13-11-22(12-14-23)17-3-7-20-8-4-17/h3-4,7-8,16H,5-6,9-14H2,1-2H3,(H,25,26). The van der Waals surface area contributed by atoms with E-state index in [0.29, 0.717) is 13.1 Å². The highest BCUT2D eigenvalue weighted by atomic mass is 16.4. The number of carbonyl (C=O) groups is 2. The number of hydrogen-bond acceptors (Lipinski definition) is 5. The van der Waals surface area contributed by atoms with Crippen LogP contribution in [0.15, 0.2) is 24.5 Å². The lowest BCUT2D eigenvalue weighted by Gasteiger charge is -2.49. The minimum absolute atomic E-state index is 0.0584. The molecular formula is C19H28N4O3. The normalized spacial score (nSPS) is 22.1. The summed E-state index contributed by atoms with van der Waals surface area (Å²) in [4.78, 5) is 34.1. The summed E-state index contributed by atoms with van der Waals surface area (Å²) in [5, 5.41) is 10.1. The van der Waals surface area contributed by atoms with Gasteiger partial charge in [0.05, 0.1) is 0 Å². The van der Waals surface area contributed by atoms with Gasteiger partial charge in [0.1, 0.15) is 5.54 Å². The van der Waals surface area contributed by atoms with Crippen LogP contribution in [0.5, 0.6) is 0 Å². The molecule has 0 radical (unpaired) electrons. The number of likely N-dealkylation sites (tertiary alicyclic amines) is 1. The number of aromatic nitrogens is 1. The average Bonchev–Trinajstić information content (AvgIpc) is 2.68. The second-order valence-electron chi connectivity index (χ2n) is 7.41. The topological polar surface area (TPSA) is 77.0 Å². The van der Waals surface area contributed by atoms with Crippen molar-refractivity contribution in [2.45, 2.75) is 32.2 Å². The Morgan fingerprint density at radius 1 is 1.08 bits per heavy atom. The Balaban J connectivity index is 1.67. The molecule has 2 aliphatic rings. The number of carbonyl (C=O) groups excluding carboxylic acids is 1. The first-order valence-corrected chi connectivity index (χ1v) is 9.32. The Hall–Kier alpha value is -2.15. The number of rotatable bonds is 4. The van der Waals surface area contributed by atoms with Gasteiger partial charge in [-0.05, 0) is 37.8 Å². The lowest BCUT2D eigenvalue weighted by molar-refractivity contribution is -0.157. The molecule has 2 fully saturated rings. The lowest BCUT2D eigenvalue weighted by atomic mass is 9.77. The van der Waals surface area contributed by atoms with Crippen LogP contribution < -0.4 is 4.90 Å². The van der Waals surface area contributed by atoms with E-state index in [4.69, 9.17) is 0 Å². The molecule has 0 aliphatic carbocycles. The molecule has 1 aromatic heterocycles. The monoisotopic (exact) mass is 360 g/mol. The van der Waals surface area contributed by atoms with Gasteiger partial charge in [0.15, 0.2) is 0 Å². The van der Waals surface area contributed by atoms with Crippen molar-refractivity contribution in [3.63, 3.8) is 0 Å². The van der Waals surface area contributed by atoms with Crippen LogP contribution in [0.1, 0.15) is 26.7 Å². The van der Waals surface area contributed by atoms with E-state index >= 15 is 0 Å². The van der Waals surface area contributed by atoms with Crippen molar-refractivity contribution in [2.75, 3.05) is 44.2 Å². The molecule has 1 atom stereocenters. The molecule has 7 heteroatoms. The van der Waals surface area contributed by atoms with Crippen LogP contribution in [0.3, 0.4) is 0 Å². The fraction of sp³-hybridized carbons (Fsp3) is 0.632. The van der Waals surface area contributed by atoms with E-state index in [1.165, 1.54) is 0 Å². The number of amides is 1. The number of anilines is 1. The molecular weight excluding hydrogens is 332 g/mol. The maximum absolute atomic E-state index is 12.2. The third-order valence-corrected chi connectivity index (χ3v) is 6.13. The first-order chi connectivity index (χ1) is 12.4. The molecule has 2 aliphatic heterocycles. The predicted molar refractivity (Wildman–Crippen MR) is 99.0 cm³/mol. The molecule has 7 nitrogen and oxygen atoms in total. The summed E-state index contributed by atoms with van der Waals surface area (Å²) >= 11 is 0. The van der Waals surface area contributed by atoms with Gasteiger partial charge in [0.25, 0.3) is 0 Å². The van der Waals surface area contributed by atoms with Crippen LogP contribution in [-0.2, 0) is 9.59 Å². The molecule has 0 bridgehead atoms. The van der Waals surface area contributed by atoms with Crippen LogP contribution in [0.4, 0.5) is 5.69 Å². The van der Waals surface area contributed by atoms with Crippen molar-refractivity contribution >= 4 is 17.6 Å². The highest BCUT2D eigenvalue weighted by molar-refractivity contribution is 5.79. The maximum atomic E-state index is 12.2. The number of carboxylic acid groups (broad SMARTS) is 1. The zero-order chi connectivity index (χ0) is 18.7. The van der Waals surface area contributed by atoms with Gasteiger partial charge in [0, 0.05) is 64.3 Å². The lowest BCUT2D eigenvalue weighted by Crippen LogP contribution is -2.64. The summed E-state index contributed by atoms with van der Waals surface area (Å²) in [7, 11) is 0. The van der Waals surface area contributed by atoms with Crippen LogP contribution >= 0.6 is 0 Å². The first kappa shape index (κ1) is 18.6. The Bertz CT molecular complexity index is 637. The van der Waals surface area contributed by atoms with E-state index in [0.717, 1.165) is 44.7 Å². The van der Waals surface area contributed by atoms with E-state index in [2.05, 4.69) is 14.8 Å². The fourth-order valence-corrected chi connectivity index (χ4v) is 4.31. The largest absolute Gasteiger partial charge is 0.480 e. The summed E-state index contributed by atoms with van der Waals surface area (Å²) in [5.74, 6) is -0.620. The molecule has 0 spiro atoms. The SMILES string of the molecule is CC(=O)N1CCC(C(C)(C(=O)O)N2CCN(c3ccncc3)CC2)CC1. The average molecular weight is 360 g/mol. The van der Waals surface area contributed by atoms with Gasteiger partial charge in [-0.1, -0.05) is 0 Å². The van der Waals surface area contributed by atoms with Crippen molar-refractivity contribution in [3.05, 3.63) is 24.5 Å². The smallest absolute Gasteiger partial charge is 0.324 e. The van der Waals surface area contributed by atoms with E-state index in [1.807, 2.05) is 24.0 Å². The third kappa shape index (κ3) is 3.53. The quantitative estimate of drug-likeness (QED) is 0.872. The van der Waals surface area contributed by atoms with Gasteiger partial charge in [-0.15, -0.1) is 0 Å². The fourth-order valence-electron chi connectivity index (χ4n) is 4.31. The summed E-state index contributed by atoms with van der Waals surface area (Å²) in [6.07, 6.45) is 5.05. The van der Waals surface area contributed by atoms with Crippen molar-refractivity contribution in [1.29, 1.82) is 0 Å². The van der Waals surface area contributed by atoms with Crippen molar-refractivity contribution < 1.29 is 14.7 Å². The molecule has 26 heavy (non-hydrogen) atoms. The summed E-state index contributed by atoms with van der Waals surface area (Å²) in [6, 6.07) is 3.98. The molecule has 1 amide bonds. The van der Waals surface area contributed by atoms with Crippen LogP contribution in [0, 0.1) is 5.92 Å². The summed E-state index contributed by atoms with van der Waals surface area (Å²) < 4.78 is 0. The molecule has 1 unspecified atom stereocenters. The van der Waals surface area contributed by atoms with Crippen molar-refractivity contribution in [3.8, 4) is 0 Å². The van der Waals surface area contributed by atoms with Gasteiger partial charge in [-0.25, -0.2) is 0 Å². The first-order valence-electron chi connectivity index (χ1n) is 9.32. The number of piperidine rings is 1. The number of pyridine rings is 1. The zero-order valence-electron chi connectivity index (χ0n) is 15.6. The molecule has 0 aromatic carbocycles. The Kier molecular flexibility index (Phi) is 5.46. The van der Waals surface area contributed by atoms with E-state index in [-0.39, 0.29) is 11.8 Å². The molecule has 1 N–H and O–H groups in total. The third-order valence-electron chi connectivity index (χ3n) is 6.13. The maximum Gasteiger partial charge on any atom is 0.324 e. The second kappa shape index (κ2) is 7.61. The van der Waals surface area contributed by atoms with Crippen LogP contribution in [0.2, 0.25) is 0 Å². The van der Waals surface area contributed by atoms with E-state index in [1.54, 1.807) is 19.3 Å². The number of piperazine rings is 1. The predicted octanol–water partition coefficient (Wildman–Crippen LogP) is 1.31. The highest BCUT2D eigenvalue weighted by Crippen LogP contribution is 2.34. The Morgan fingerprint density at radius 3 is 2.15 bits per heavy atom. The minimum Gasteiger partial charge on any atom is -0.480 e. The van der Waals surface area contributed by atoms with Crippen LogP contribution in [-0.4, -0.2) is 76.6 Å². The Labute approximate surface area is 154 Å². The van der Waals surface area contributed by atoms with Crippen molar-refractivity contribution in [2.24, 2.45) is 5.92 Å². The number of hydrogen-bond donors (Lipinski definition) is 1. The number of nitrogens with zero attached hydrogens (tertiary/aromatic N) is 4. The molecule has 3 heterocycles. The second-order valence-corrected chi connectivity index (χ2v) is 7.41. The van der Waals surface area contributed by atoms with E-state index < -0.39 is 11.5 Å². The zero-order valence-corrected chi connectivity index (χ0v) is 15.6. The molecule has 0 saturated carbocycles. The molecule has 142 valence electrons. The molecule has 3 rings (SSSR count). The molecule has 2 saturated heterocycles. The van der Waals surface area contributed by atoms with Gasteiger partial charge < -0.3 is 14.9 Å². The van der Waals surface area contributed by atoms with Gasteiger partial charge in [-0.3, -0.25) is 19.5 Å². The van der Waals surface area contributed by atoms with Gasteiger partial charge >= 0.3 is 5.97 Å². The van der Waals surface area contributed by atoms with Gasteiger partial charge in [0.2, 0.25) is 5.91 Å². The van der Waals surface area contributed by atoms with E-state index in [9.17, 15) is 14.7 Å². The highest BCUT2D eigenvalue weighted by Gasteiger charge is 2.48. The van der Waals surface area contributed by atoms with Gasteiger partial charge in [-0.2, -0.15) is 0 Å². The summed E-state index contributed by atoms with van der Waals surface area (Å²) in [5.41, 5.74) is 0.249. The minimum atomic E-state index is -0.882. The summed E-state index contributed by atoms with van der Waals surface area (Å²) in [6.45, 7) is 7.80. The van der Waals surface area contributed by atoms with Crippen molar-refractivity contribution in [1.82, 2.24) is 14.8 Å². The van der Waals surface area contributed by atoms with Crippen LogP contribution in [0.25, 0.3) is 0 Å². The molecule has 1 aromatic rings. The number of carboxylic acids is 1. The number of aliphatic carboxylic acids is 1.